The van der Waals surface area contributed by atoms with Crippen molar-refractivity contribution in [2.45, 2.75) is 19.3 Å². The second kappa shape index (κ2) is 7.45. The van der Waals surface area contributed by atoms with E-state index in [0.29, 0.717) is 22.0 Å². The van der Waals surface area contributed by atoms with Gasteiger partial charge in [0.15, 0.2) is 0 Å². The van der Waals surface area contributed by atoms with Gasteiger partial charge in [-0.05, 0) is 49.6 Å². The molecule has 3 rings (SSSR count). The number of pyridine rings is 1. The van der Waals surface area contributed by atoms with Crippen molar-refractivity contribution in [2.75, 3.05) is 18.4 Å². The van der Waals surface area contributed by atoms with Crippen molar-refractivity contribution in [3.05, 3.63) is 58.9 Å². The molecule has 124 valence electrons. The van der Waals surface area contributed by atoms with E-state index in [1.165, 1.54) is 0 Å². The van der Waals surface area contributed by atoms with Gasteiger partial charge in [-0.1, -0.05) is 17.7 Å². The molecule has 0 bridgehead atoms. The molecule has 1 N–H and O–H groups in total. The van der Waals surface area contributed by atoms with Crippen LogP contribution in [0.15, 0.2) is 42.6 Å². The fourth-order valence-electron chi connectivity index (χ4n) is 2.72. The van der Waals surface area contributed by atoms with Crippen molar-refractivity contribution in [1.82, 2.24) is 9.88 Å². The highest BCUT2D eigenvalue weighted by Crippen LogP contribution is 2.25. The van der Waals surface area contributed by atoms with E-state index in [2.05, 4.69) is 10.3 Å². The zero-order chi connectivity index (χ0) is 16.9. The van der Waals surface area contributed by atoms with E-state index >= 15 is 0 Å². The van der Waals surface area contributed by atoms with Crippen LogP contribution in [0.25, 0.3) is 0 Å². The second-order valence-electron chi connectivity index (χ2n) is 5.72. The van der Waals surface area contributed by atoms with Gasteiger partial charge in [-0.3, -0.25) is 14.6 Å². The van der Waals surface area contributed by atoms with Crippen molar-refractivity contribution in [1.29, 1.82) is 0 Å². The number of carbonyl (C=O) groups excluding carboxylic acids is 2. The molecule has 1 aromatic carbocycles. The molecule has 6 heteroatoms. The highest BCUT2D eigenvalue weighted by Gasteiger charge is 2.19. The number of halogens is 1. The lowest BCUT2D eigenvalue weighted by Gasteiger charge is -2.27. The van der Waals surface area contributed by atoms with Crippen molar-refractivity contribution in [3.8, 4) is 0 Å². The van der Waals surface area contributed by atoms with E-state index in [-0.39, 0.29) is 11.8 Å². The molecular formula is C18H18ClN3O2. The molecule has 1 fully saturated rings. The summed E-state index contributed by atoms with van der Waals surface area (Å²) in [6.07, 6.45) is 4.77. The van der Waals surface area contributed by atoms with Crippen LogP contribution >= 0.6 is 11.6 Å². The van der Waals surface area contributed by atoms with Crippen LogP contribution in [0, 0.1) is 0 Å². The topological polar surface area (TPSA) is 62.3 Å². The van der Waals surface area contributed by atoms with Gasteiger partial charge in [0.25, 0.3) is 11.8 Å². The highest BCUT2D eigenvalue weighted by molar-refractivity contribution is 6.34. The maximum Gasteiger partial charge on any atom is 0.274 e. The van der Waals surface area contributed by atoms with Gasteiger partial charge in [0.05, 0.1) is 10.7 Å². The molecular weight excluding hydrogens is 326 g/mol. The molecule has 0 atom stereocenters. The van der Waals surface area contributed by atoms with Gasteiger partial charge in [0.2, 0.25) is 0 Å². The van der Waals surface area contributed by atoms with Crippen molar-refractivity contribution in [3.63, 3.8) is 0 Å². The predicted octanol–water partition coefficient (Wildman–Crippen LogP) is 3.61. The average molecular weight is 344 g/mol. The van der Waals surface area contributed by atoms with Gasteiger partial charge < -0.3 is 10.2 Å². The number of aromatic nitrogens is 1. The SMILES string of the molecule is O=C(Nc1cc(C(=O)N2CCCCC2)ccc1Cl)c1ccccn1. The predicted molar refractivity (Wildman–Crippen MR) is 93.4 cm³/mol. The molecule has 2 amide bonds. The lowest BCUT2D eigenvalue weighted by molar-refractivity contribution is 0.0724. The average Bonchev–Trinajstić information content (AvgIpc) is 2.64. The van der Waals surface area contributed by atoms with Crippen LogP contribution in [0.4, 0.5) is 5.69 Å². The Balaban J connectivity index is 1.78. The van der Waals surface area contributed by atoms with Crippen LogP contribution in [0.5, 0.6) is 0 Å². The molecule has 2 heterocycles. The first kappa shape index (κ1) is 16.5. The van der Waals surface area contributed by atoms with Crippen molar-refractivity contribution in [2.24, 2.45) is 0 Å². The third kappa shape index (κ3) is 3.74. The number of hydrogen-bond acceptors (Lipinski definition) is 3. The summed E-state index contributed by atoms with van der Waals surface area (Å²) >= 11 is 6.16. The number of nitrogens with zero attached hydrogens (tertiary/aromatic N) is 2. The van der Waals surface area contributed by atoms with Gasteiger partial charge in [-0.15, -0.1) is 0 Å². The summed E-state index contributed by atoms with van der Waals surface area (Å²) < 4.78 is 0. The number of nitrogens with one attached hydrogen (secondary N) is 1. The number of rotatable bonds is 3. The molecule has 2 aromatic rings. The quantitative estimate of drug-likeness (QED) is 0.926. The van der Waals surface area contributed by atoms with E-state index in [1.54, 1.807) is 42.6 Å². The maximum atomic E-state index is 12.6. The van der Waals surface area contributed by atoms with Crippen LogP contribution < -0.4 is 5.32 Å². The van der Waals surface area contributed by atoms with E-state index in [1.807, 2.05) is 4.90 Å². The Labute approximate surface area is 145 Å². The molecule has 5 nitrogen and oxygen atoms in total. The van der Waals surface area contributed by atoms with E-state index in [0.717, 1.165) is 32.4 Å². The Bertz CT molecular complexity index is 743. The zero-order valence-corrected chi connectivity index (χ0v) is 13.9. The number of benzene rings is 1. The van der Waals surface area contributed by atoms with E-state index in [4.69, 9.17) is 11.6 Å². The van der Waals surface area contributed by atoms with E-state index < -0.39 is 0 Å². The molecule has 0 aliphatic carbocycles. The third-order valence-corrected chi connectivity index (χ3v) is 4.33. The monoisotopic (exact) mass is 343 g/mol. The largest absolute Gasteiger partial charge is 0.339 e. The first-order valence-corrected chi connectivity index (χ1v) is 8.34. The maximum absolute atomic E-state index is 12.6. The standard InChI is InChI=1S/C18H18ClN3O2/c19-14-8-7-13(18(24)22-10-4-1-5-11-22)12-16(14)21-17(23)15-6-2-3-9-20-15/h2-3,6-9,12H,1,4-5,10-11H2,(H,21,23). The number of anilines is 1. The second-order valence-corrected chi connectivity index (χ2v) is 6.12. The number of likely N-dealkylation sites (tertiary alicyclic amines) is 1. The minimum atomic E-state index is -0.361. The van der Waals surface area contributed by atoms with Crippen LogP contribution in [0.3, 0.4) is 0 Å². The third-order valence-electron chi connectivity index (χ3n) is 4.00. The van der Waals surface area contributed by atoms with Crippen LogP contribution in [0.2, 0.25) is 5.02 Å². The summed E-state index contributed by atoms with van der Waals surface area (Å²) in [5.74, 6) is -0.389. The molecule has 1 aliphatic rings. The van der Waals surface area contributed by atoms with Crippen molar-refractivity contribution < 1.29 is 9.59 Å². The number of hydrogen-bond donors (Lipinski definition) is 1. The molecule has 0 spiro atoms. The van der Waals surface area contributed by atoms with Crippen molar-refractivity contribution >= 4 is 29.1 Å². The van der Waals surface area contributed by atoms with Crippen LogP contribution in [0.1, 0.15) is 40.1 Å². The van der Waals surface area contributed by atoms with Crippen LogP contribution in [-0.4, -0.2) is 34.8 Å². The summed E-state index contributed by atoms with van der Waals surface area (Å²) in [6, 6.07) is 10.0. The fourth-order valence-corrected chi connectivity index (χ4v) is 2.88. The first-order chi connectivity index (χ1) is 11.6. The molecule has 1 saturated heterocycles. The number of piperidine rings is 1. The summed E-state index contributed by atoms with van der Waals surface area (Å²) in [4.78, 5) is 30.6. The molecule has 0 unspecified atom stereocenters. The minimum Gasteiger partial charge on any atom is -0.339 e. The molecule has 24 heavy (non-hydrogen) atoms. The smallest absolute Gasteiger partial charge is 0.274 e. The van der Waals surface area contributed by atoms with Gasteiger partial charge in [0.1, 0.15) is 5.69 Å². The molecule has 0 saturated carbocycles. The normalized spacial score (nSPS) is 14.3. The number of amides is 2. The molecule has 0 radical (unpaired) electrons. The lowest BCUT2D eigenvalue weighted by atomic mass is 10.1. The number of carbonyl (C=O) groups is 2. The first-order valence-electron chi connectivity index (χ1n) is 7.96. The van der Waals surface area contributed by atoms with Crippen LogP contribution in [-0.2, 0) is 0 Å². The summed E-state index contributed by atoms with van der Waals surface area (Å²) in [5, 5.41) is 3.10. The van der Waals surface area contributed by atoms with Gasteiger partial charge in [0, 0.05) is 24.8 Å². The van der Waals surface area contributed by atoms with Gasteiger partial charge in [-0.25, -0.2) is 0 Å². The Morgan fingerprint density at radius 1 is 1.08 bits per heavy atom. The summed E-state index contributed by atoms with van der Waals surface area (Å²) in [6.45, 7) is 1.55. The zero-order valence-electron chi connectivity index (χ0n) is 13.2. The summed E-state index contributed by atoms with van der Waals surface area (Å²) in [7, 11) is 0. The van der Waals surface area contributed by atoms with E-state index in [9.17, 15) is 9.59 Å². The molecule has 1 aliphatic heterocycles. The fraction of sp³-hybridized carbons (Fsp3) is 0.278. The van der Waals surface area contributed by atoms with Gasteiger partial charge >= 0.3 is 0 Å². The highest BCUT2D eigenvalue weighted by atomic mass is 35.5. The Morgan fingerprint density at radius 3 is 2.58 bits per heavy atom. The minimum absolute atomic E-state index is 0.0281. The Morgan fingerprint density at radius 2 is 1.88 bits per heavy atom. The Hall–Kier alpha value is -2.40. The lowest BCUT2D eigenvalue weighted by Crippen LogP contribution is -2.35. The Kier molecular flexibility index (Phi) is 5.11. The molecule has 1 aromatic heterocycles. The summed E-state index contributed by atoms with van der Waals surface area (Å²) in [5.41, 5.74) is 1.23. The van der Waals surface area contributed by atoms with Gasteiger partial charge in [-0.2, -0.15) is 0 Å².